The lowest BCUT2D eigenvalue weighted by atomic mass is 10.2. The fraction of sp³-hybridized carbons (Fsp3) is 0.111. The number of ether oxygens (including phenoxy) is 2. The van der Waals surface area contributed by atoms with Gasteiger partial charge in [-0.1, -0.05) is 12.1 Å². The smallest absolute Gasteiger partial charge is 0.338 e. The first-order chi connectivity index (χ1) is 11.7. The van der Waals surface area contributed by atoms with Crippen LogP contribution in [0.2, 0.25) is 0 Å². The summed E-state index contributed by atoms with van der Waals surface area (Å²) in [6.45, 7) is 0.210. The Labute approximate surface area is 148 Å². The lowest BCUT2D eigenvalue weighted by Gasteiger charge is -2.08. The van der Waals surface area contributed by atoms with Crippen molar-refractivity contribution in [1.82, 2.24) is 9.78 Å². The van der Waals surface area contributed by atoms with Crippen molar-refractivity contribution in [2.24, 2.45) is 0 Å². The van der Waals surface area contributed by atoms with Crippen molar-refractivity contribution in [3.63, 3.8) is 0 Å². The van der Waals surface area contributed by atoms with Crippen LogP contribution >= 0.6 is 15.9 Å². The van der Waals surface area contributed by atoms with Crippen LogP contribution in [-0.4, -0.2) is 22.9 Å². The van der Waals surface area contributed by atoms with Crippen LogP contribution in [0.25, 0.3) is 5.69 Å². The molecule has 0 spiro atoms. The zero-order valence-corrected chi connectivity index (χ0v) is 14.6. The zero-order chi connectivity index (χ0) is 16.9. The second-order valence-corrected chi connectivity index (χ2v) is 5.90. The van der Waals surface area contributed by atoms with Gasteiger partial charge in [0.05, 0.1) is 22.8 Å². The van der Waals surface area contributed by atoms with Crippen molar-refractivity contribution in [3.8, 4) is 11.4 Å². The monoisotopic (exact) mass is 386 g/mol. The first kappa shape index (κ1) is 16.3. The van der Waals surface area contributed by atoms with Gasteiger partial charge in [-0.05, 0) is 57.9 Å². The molecule has 0 aliphatic rings. The van der Waals surface area contributed by atoms with Crippen molar-refractivity contribution >= 4 is 21.9 Å². The number of carbonyl (C=O) groups excluding carboxylic acids is 1. The van der Waals surface area contributed by atoms with E-state index in [0.717, 1.165) is 11.3 Å². The van der Waals surface area contributed by atoms with Crippen LogP contribution in [0.4, 0.5) is 0 Å². The number of hydrogen-bond donors (Lipinski definition) is 0. The molecule has 0 saturated carbocycles. The van der Waals surface area contributed by atoms with Gasteiger partial charge in [-0.25, -0.2) is 9.48 Å². The Morgan fingerprint density at radius 1 is 1.21 bits per heavy atom. The van der Waals surface area contributed by atoms with Gasteiger partial charge in [0.25, 0.3) is 0 Å². The van der Waals surface area contributed by atoms with E-state index in [2.05, 4.69) is 21.0 Å². The molecular formula is C18H15BrN2O3. The number of hydrogen-bond acceptors (Lipinski definition) is 4. The molecule has 1 heterocycles. The molecule has 6 heteroatoms. The Morgan fingerprint density at radius 3 is 2.62 bits per heavy atom. The predicted molar refractivity (Wildman–Crippen MR) is 93.4 cm³/mol. The second kappa shape index (κ2) is 7.31. The number of halogens is 1. The zero-order valence-electron chi connectivity index (χ0n) is 13.0. The van der Waals surface area contributed by atoms with Crippen LogP contribution in [0.5, 0.6) is 5.75 Å². The number of carbonyl (C=O) groups is 1. The number of benzene rings is 2. The Balaban J connectivity index is 1.63. The molecule has 0 bridgehead atoms. The lowest BCUT2D eigenvalue weighted by Crippen LogP contribution is -2.05. The minimum atomic E-state index is -0.380. The van der Waals surface area contributed by atoms with E-state index in [1.165, 1.54) is 0 Å². The number of aromatic nitrogens is 2. The summed E-state index contributed by atoms with van der Waals surface area (Å²) in [5.41, 5.74) is 2.33. The van der Waals surface area contributed by atoms with Crippen LogP contribution in [0.15, 0.2) is 65.4 Å². The molecule has 0 amide bonds. The molecule has 0 atom stereocenters. The van der Waals surface area contributed by atoms with Gasteiger partial charge < -0.3 is 9.47 Å². The van der Waals surface area contributed by atoms with Gasteiger partial charge >= 0.3 is 5.97 Å². The van der Waals surface area contributed by atoms with Crippen molar-refractivity contribution in [2.45, 2.75) is 6.61 Å². The van der Waals surface area contributed by atoms with Gasteiger partial charge in [0.15, 0.2) is 0 Å². The van der Waals surface area contributed by atoms with Crippen LogP contribution in [0.1, 0.15) is 15.9 Å². The van der Waals surface area contributed by atoms with Gasteiger partial charge in [0.1, 0.15) is 12.4 Å². The van der Waals surface area contributed by atoms with E-state index in [1.807, 2.05) is 36.5 Å². The van der Waals surface area contributed by atoms with E-state index in [4.69, 9.17) is 9.47 Å². The second-order valence-electron chi connectivity index (χ2n) is 5.04. The predicted octanol–water partition coefficient (Wildman–Crippen LogP) is 4.00. The van der Waals surface area contributed by atoms with Crippen LogP contribution in [0, 0.1) is 0 Å². The Morgan fingerprint density at radius 2 is 2.00 bits per heavy atom. The standard InChI is InChI=1S/C18H15BrN2O3/c1-23-17-8-5-14(11-16(17)19)18(22)24-12-13-3-6-15(7-4-13)21-10-2-9-20-21/h2-11H,12H2,1H3. The number of nitrogens with zero attached hydrogens (tertiary/aromatic N) is 2. The summed E-state index contributed by atoms with van der Waals surface area (Å²) in [6, 6.07) is 14.6. The highest BCUT2D eigenvalue weighted by Crippen LogP contribution is 2.26. The summed E-state index contributed by atoms with van der Waals surface area (Å²) in [5.74, 6) is 0.287. The molecule has 0 aliphatic carbocycles. The molecule has 0 fully saturated rings. The third-order valence-electron chi connectivity index (χ3n) is 3.46. The van der Waals surface area contributed by atoms with Gasteiger partial charge in [-0.2, -0.15) is 5.10 Å². The third kappa shape index (κ3) is 3.65. The van der Waals surface area contributed by atoms with E-state index < -0.39 is 0 Å². The van der Waals surface area contributed by atoms with Crippen LogP contribution < -0.4 is 4.74 Å². The minimum Gasteiger partial charge on any atom is -0.496 e. The third-order valence-corrected chi connectivity index (χ3v) is 4.08. The fourth-order valence-electron chi connectivity index (χ4n) is 2.19. The van der Waals surface area contributed by atoms with Crippen LogP contribution in [0.3, 0.4) is 0 Å². The number of rotatable bonds is 5. The summed E-state index contributed by atoms with van der Waals surface area (Å²) in [4.78, 5) is 12.1. The quantitative estimate of drug-likeness (QED) is 0.621. The fourth-order valence-corrected chi connectivity index (χ4v) is 2.73. The maximum absolute atomic E-state index is 12.1. The van der Waals surface area contributed by atoms with Crippen molar-refractivity contribution in [1.29, 1.82) is 0 Å². The first-order valence-corrected chi connectivity index (χ1v) is 8.06. The average Bonchev–Trinajstić information content (AvgIpc) is 3.14. The summed E-state index contributed by atoms with van der Waals surface area (Å²) in [5, 5.41) is 4.17. The normalized spacial score (nSPS) is 10.4. The average molecular weight is 387 g/mol. The molecule has 0 aliphatic heterocycles. The molecule has 3 rings (SSSR count). The molecule has 0 saturated heterocycles. The number of methoxy groups -OCH3 is 1. The molecule has 2 aromatic carbocycles. The van der Waals surface area contributed by atoms with Crippen molar-refractivity contribution in [2.75, 3.05) is 7.11 Å². The lowest BCUT2D eigenvalue weighted by molar-refractivity contribution is 0.0472. The Bertz CT molecular complexity index is 830. The summed E-state index contributed by atoms with van der Waals surface area (Å²) in [6.07, 6.45) is 3.60. The van der Waals surface area contributed by atoms with E-state index in [-0.39, 0.29) is 12.6 Å². The molecule has 0 unspecified atom stereocenters. The Hall–Kier alpha value is -2.60. The highest BCUT2D eigenvalue weighted by molar-refractivity contribution is 9.10. The van der Waals surface area contributed by atoms with Gasteiger partial charge in [0, 0.05) is 12.4 Å². The highest BCUT2D eigenvalue weighted by atomic mass is 79.9. The molecule has 1 aromatic heterocycles. The molecule has 0 N–H and O–H groups in total. The maximum atomic E-state index is 12.1. The van der Waals surface area contributed by atoms with Gasteiger partial charge in [-0.15, -0.1) is 0 Å². The number of esters is 1. The molecule has 0 radical (unpaired) electrons. The molecule has 5 nitrogen and oxygen atoms in total. The molecule has 3 aromatic rings. The van der Waals surface area contributed by atoms with E-state index in [0.29, 0.717) is 15.8 Å². The summed E-state index contributed by atoms with van der Waals surface area (Å²) >= 11 is 3.36. The maximum Gasteiger partial charge on any atom is 0.338 e. The highest BCUT2D eigenvalue weighted by Gasteiger charge is 2.10. The van der Waals surface area contributed by atoms with E-state index in [9.17, 15) is 4.79 Å². The first-order valence-electron chi connectivity index (χ1n) is 7.27. The minimum absolute atomic E-state index is 0.210. The molecular weight excluding hydrogens is 372 g/mol. The Kier molecular flexibility index (Phi) is 4.96. The van der Waals surface area contributed by atoms with Crippen molar-refractivity contribution < 1.29 is 14.3 Å². The molecule has 122 valence electrons. The SMILES string of the molecule is COc1ccc(C(=O)OCc2ccc(-n3cccn3)cc2)cc1Br. The van der Waals surface area contributed by atoms with Crippen molar-refractivity contribution in [3.05, 3.63) is 76.5 Å². The summed E-state index contributed by atoms with van der Waals surface area (Å²) in [7, 11) is 1.57. The van der Waals surface area contributed by atoms with Gasteiger partial charge in [-0.3, -0.25) is 0 Å². The van der Waals surface area contributed by atoms with Gasteiger partial charge in [0.2, 0.25) is 0 Å². The van der Waals surface area contributed by atoms with Crippen LogP contribution in [-0.2, 0) is 11.3 Å². The van der Waals surface area contributed by atoms with E-state index >= 15 is 0 Å². The summed E-state index contributed by atoms with van der Waals surface area (Å²) < 4.78 is 13.0. The molecule has 24 heavy (non-hydrogen) atoms. The van der Waals surface area contributed by atoms with E-state index in [1.54, 1.807) is 36.2 Å². The topological polar surface area (TPSA) is 53.4 Å². The largest absolute Gasteiger partial charge is 0.496 e.